The number of benzene rings is 3. The predicted octanol–water partition coefficient (Wildman–Crippen LogP) is 5.83. The minimum Gasteiger partial charge on any atom is -0.372 e. The van der Waals surface area contributed by atoms with Crippen molar-refractivity contribution in [3.8, 4) is 0 Å². The van der Waals surface area contributed by atoms with Crippen LogP contribution in [0.25, 0.3) is 6.08 Å². The number of hydrogen-bond donors (Lipinski definition) is 1. The van der Waals surface area contributed by atoms with Crippen molar-refractivity contribution in [3.05, 3.63) is 108 Å². The second-order valence-corrected chi connectivity index (χ2v) is 5.43. The van der Waals surface area contributed by atoms with Gasteiger partial charge in [0.25, 0.3) is 0 Å². The Morgan fingerprint density at radius 2 is 1.46 bits per heavy atom. The summed E-state index contributed by atoms with van der Waals surface area (Å²) in [5, 5.41) is 3.13. The highest BCUT2D eigenvalue weighted by Crippen LogP contribution is 2.24. The van der Waals surface area contributed by atoms with Crippen molar-refractivity contribution < 1.29 is 8.78 Å². The molecule has 3 heteroatoms. The van der Waals surface area contributed by atoms with Crippen molar-refractivity contribution in [1.29, 1.82) is 0 Å². The molecule has 0 heterocycles. The van der Waals surface area contributed by atoms with E-state index in [1.54, 1.807) is 0 Å². The third kappa shape index (κ3) is 4.07. The van der Waals surface area contributed by atoms with Crippen LogP contribution in [0, 0.1) is 11.6 Å². The molecule has 1 unspecified atom stereocenters. The number of nitrogens with one attached hydrogen (secondary N) is 1. The van der Waals surface area contributed by atoms with E-state index in [1.807, 2.05) is 72.8 Å². The maximum Gasteiger partial charge on any atom is 0.149 e. The second-order valence-electron chi connectivity index (χ2n) is 5.43. The molecule has 0 saturated heterocycles. The van der Waals surface area contributed by atoms with Gasteiger partial charge in [-0.25, -0.2) is 8.78 Å². The summed E-state index contributed by atoms with van der Waals surface area (Å²) in [6.45, 7) is 0. The first-order chi connectivity index (χ1) is 11.7. The molecule has 0 saturated carbocycles. The average Bonchev–Trinajstić information content (AvgIpc) is 2.62. The van der Waals surface area contributed by atoms with E-state index in [0.717, 1.165) is 17.2 Å². The minimum absolute atomic E-state index is 0.230. The van der Waals surface area contributed by atoms with Crippen molar-refractivity contribution in [1.82, 2.24) is 0 Å². The van der Waals surface area contributed by atoms with Crippen molar-refractivity contribution in [3.63, 3.8) is 0 Å². The van der Waals surface area contributed by atoms with Crippen molar-refractivity contribution in [2.75, 3.05) is 5.32 Å². The first kappa shape index (κ1) is 15.9. The van der Waals surface area contributed by atoms with Crippen LogP contribution in [0.1, 0.15) is 17.2 Å². The van der Waals surface area contributed by atoms with Gasteiger partial charge in [-0.2, -0.15) is 0 Å². The molecule has 0 aliphatic rings. The highest BCUT2D eigenvalue weighted by molar-refractivity contribution is 5.54. The monoisotopic (exact) mass is 321 g/mol. The van der Waals surface area contributed by atoms with Crippen LogP contribution >= 0.6 is 0 Å². The minimum atomic E-state index is -0.607. The molecule has 1 atom stereocenters. The largest absolute Gasteiger partial charge is 0.372 e. The SMILES string of the molecule is Fc1ccc(NC(/C=C/c2ccccc2)c2ccccc2)c(F)c1. The zero-order chi connectivity index (χ0) is 16.8. The van der Waals surface area contributed by atoms with Crippen molar-refractivity contribution in [2.24, 2.45) is 0 Å². The van der Waals surface area contributed by atoms with Crippen LogP contribution in [-0.4, -0.2) is 0 Å². The van der Waals surface area contributed by atoms with Gasteiger partial charge in [-0.3, -0.25) is 0 Å². The van der Waals surface area contributed by atoms with Gasteiger partial charge in [-0.05, 0) is 23.3 Å². The first-order valence-electron chi connectivity index (χ1n) is 7.72. The fraction of sp³-hybridized carbons (Fsp3) is 0.0476. The number of rotatable bonds is 5. The Bertz CT molecular complexity index is 814. The molecule has 3 aromatic rings. The van der Waals surface area contributed by atoms with Crippen LogP contribution in [0.5, 0.6) is 0 Å². The van der Waals surface area contributed by atoms with Gasteiger partial charge in [-0.15, -0.1) is 0 Å². The highest BCUT2D eigenvalue weighted by Gasteiger charge is 2.11. The normalized spacial score (nSPS) is 12.2. The van der Waals surface area contributed by atoms with E-state index in [-0.39, 0.29) is 11.7 Å². The Hall–Kier alpha value is -2.94. The van der Waals surface area contributed by atoms with Gasteiger partial charge in [0.05, 0.1) is 11.7 Å². The zero-order valence-electron chi connectivity index (χ0n) is 13.0. The summed E-state index contributed by atoms with van der Waals surface area (Å²) in [7, 11) is 0. The Morgan fingerprint density at radius 1 is 0.792 bits per heavy atom. The van der Waals surface area contributed by atoms with Gasteiger partial charge in [-0.1, -0.05) is 72.8 Å². The molecule has 0 fully saturated rings. The molecule has 0 spiro atoms. The summed E-state index contributed by atoms with van der Waals surface area (Å²) in [5.74, 6) is -1.20. The molecule has 0 aromatic heterocycles. The van der Waals surface area contributed by atoms with E-state index < -0.39 is 11.6 Å². The maximum absolute atomic E-state index is 14.0. The molecule has 24 heavy (non-hydrogen) atoms. The maximum atomic E-state index is 14.0. The molecule has 3 rings (SSSR count). The predicted molar refractivity (Wildman–Crippen MR) is 94.6 cm³/mol. The van der Waals surface area contributed by atoms with Gasteiger partial charge in [0.1, 0.15) is 11.6 Å². The fourth-order valence-corrected chi connectivity index (χ4v) is 2.45. The van der Waals surface area contributed by atoms with Crippen LogP contribution in [0.15, 0.2) is 84.9 Å². The lowest BCUT2D eigenvalue weighted by Crippen LogP contribution is -2.09. The summed E-state index contributed by atoms with van der Waals surface area (Å²) in [6, 6.07) is 22.9. The van der Waals surface area contributed by atoms with Crippen molar-refractivity contribution in [2.45, 2.75) is 6.04 Å². The average molecular weight is 321 g/mol. The molecule has 3 aromatic carbocycles. The van der Waals surface area contributed by atoms with Gasteiger partial charge >= 0.3 is 0 Å². The first-order valence-corrected chi connectivity index (χ1v) is 7.72. The lowest BCUT2D eigenvalue weighted by atomic mass is 10.0. The van der Waals surface area contributed by atoms with Crippen LogP contribution < -0.4 is 5.32 Å². The van der Waals surface area contributed by atoms with Crippen LogP contribution in [-0.2, 0) is 0 Å². The topological polar surface area (TPSA) is 12.0 Å². The second kappa shape index (κ2) is 7.55. The van der Waals surface area contributed by atoms with E-state index in [4.69, 9.17) is 0 Å². The molecule has 0 aliphatic heterocycles. The van der Waals surface area contributed by atoms with Crippen LogP contribution in [0.4, 0.5) is 14.5 Å². The van der Waals surface area contributed by atoms with Gasteiger partial charge in [0.2, 0.25) is 0 Å². The Labute approximate surface area is 140 Å². The van der Waals surface area contributed by atoms with E-state index >= 15 is 0 Å². The smallest absolute Gasteiger partial charge is 0.149 e. The molecule has 1 nitrogen and oxygen atoms in total. The standard InChI is InChI=1S/C21H17F2N/c22-18-12-14-21(19(23)15-18)24-20(17-9-5-2-6-10-17)13-11-16-7-3-1-4-8-16/h1-15,20,24H/b13-11+. The summed E-state index contributed by atoms with van der Waals surface area (Å²) < 4.78 is 27.1. The molecule has 0 bridgehead atoms. The summed E-state index contributed by atoms with van der Waals surface area (Å²) in [4.78, 5) is 0. The molecular weight excluding hydrogens is 304 g/mol. The van der Waals surface area contributed by atoms with E-state index in [2.05, 4.69) is 5.32 Å². The van der Waals surface area contributed by atoms with Gasteiger partial charge in [0, 0.05) is 6.07 Å². The molecule has 120 valence electrons. The molecule has 0 aliphatic carbocycles. The summed E-state index contributed by atoms with van der Waals surface area (Å²) in [6.07, 6.45) is 3.94. The molecular formula is C21H17F2N. The molecule has 0 radical (unpaired) electrons. The van der Waals surface area contributed by atoms with Crippen LogP contribution in [0.2, 0.25) is 0 Å². The van der Waals surface area contributed by atoms with E-state index in [9.17, 15) is 8.78 Å². The molecule has 0 amide bonds. The molecule has 1 N–H and O–H groups in total. The third-order valence-corrected chi connectivity index (χ3v) is 3.68. The lowest BCUT2D eigenvalue weighted by molar-refractivity contribution is 0.584. The van der Waals surface area contributed by atoms with E-state index in [0.29, 0.717) is 0 Å². The third-order valence-electron chi connectivity index (χ3n) is 3.68. The quantitative estimate of drug-likeness (QED) is 0.623. The number of hydrogen-bond acceptors (Lipinski definition) is 1. The Kier molecular flexibility index (Phi) is 5.02. The van der Waals surface area contributed by atoms with E-state index in [1.165, 1.54) is 12.1 Å². The van der Waals surface area contributed by atoms with Crippen LogP contribution in [0.3, 0.4) is 0 Å². The van der Waals surface area contributed by atoms with Gasteiger partial charge in [0.15, 0.2) is 0 Å². The number of halogens is 2. The lowest BCUT2D eigenvalue weighted by Gasteiger charge is -2.17. The summed E-state index contributed by atoms with van der Waals surface area (Å²) >= 11 is 0. The highest BCUT2D eigenvalue weighted by atomic mass is 19.1. The number of anilines is 1. The summed E-state index contributed by atoms with van der Waals surface area (Å²) in [5.41, 5.74) is 2.32. The van der Waals surface area contributed by atoms with Crippen molar-refractivity contribution >= 4 is 11.8 Å². The Morgan fingerprint density at radius 3 is 2.12 bits per heavy atom. The van der Waals surface area contributed by atoms with Gasteiger partial charge < -0.3 is 5.32 Å². The Balaban J connectivity index is 1.89. The fourth-order valence-electron chi connectivity index (χ4n) is 2.45. The zero-order valence-corrected chi connectivity index (χ0v) is 13.0.